The van der Waals surface area contributed by atoms with E-state index in [0.29, 0.717) is 18.8 Å². The number of rotatable bonds is 11. The van der Waals surface area contributed by atoms with Crippen molar-refractivity contribution in [2.24, 2.45) is 0 Å². The van der Waals surface area contributed by atoms with Gasteiger partial charge in [-0.2, -0.15) is 0 Å². The minimum Gasteiger partial charge on any atom is -0.494 e. The molecule has 0 bridgehead atoms. The van der Waals surface area contributed by atoms with Crippen LogP contribution in [-0.4, -0.2) is 19.1 Å². The molecule has 0 saturated carbocycles. The molecule has 0 atom stereocenters. The molecule has 2 aromatic carbocycles. The summed E-state index contributed by atoms with van der Waals surface area (Å²) in [6.07, 6.45) is 4.70. The smallest absolute Gasteiger partial charge is 0.255 e. The quantitative estimate of drug-likeness (QED) is 0.400. The van der Waals surface area contributed by atoms with Gasteiger partial charge in [-0.25, -0.2) is 0 Å². The van der Waals surface area contributed by atoms with Gasteiger partial charge in [0.1, 0.15) is 18.1 Å². The zero-order valence-corrected chi connectivity index (χ0v) is 16.3. The number of carbonyl (C=O) groups excluding carboxylic acids is 1. The van der Waals surface area contributed by atoms with Crippen molar-refractivity contribution >= 4 is 11.6 Å². The van der Waals surface area contributed by atoms with Crippen LogP contribution < -0.4 is 14.8 Å². The largest absolute Gasteiger partial charge is 0.494 e. The summed E-state index contributed by atoms with van der Waals surface area (Å²) in [5, 5.41) is 2.88. The van der Waals surface area contributed by atoms with E-state index in [1.807, 2.05) is 43.3 Å². The third-order valence-corrected chi connectivity index (χ3v) is 3.98. The Morgan fingerprint density at radius 3 is 2.19 bits per heavy atom. The van der Waals surface area contributed by atoms with Gasteiger partial charge < -0.3 is 14.8 Å². The van der Waals surface area contributed by atoms with Crippen molar-refractivity contribution < 1.29 is 14.3 Å². The molecule has 4 heteroatoms. The second-order valence-electron chi connectivity index (χ2n) is 6.66. The van der Waals surface area contributed by atoms with E-state index in [4.69, 9.17) is 9.47 Å². The lowest BCUT2D eigenvalue weighted by Crippen LogP contribution is -2.11. The lowest BCUT2D eigenvalue weighted by molar-refractivity contribution is 0.102. The van der Waals surface area contributed by atoms with E-state index in [2.05, 4.69) is 18.8 Å². The Balaban J connectivity index is 1.82. The molecule has 0 heterocycles. The van der Waals surface area contributed by atoms with Crippen molar-refractivity contribution in [1.29, 1.82) is 0 Å². The summed E-state index contributed by atoms with van der Waals surface area (Å²) in [6.45, 7) is 9.11. The number of hydrogen-bond donors (Lipinski definition) is 1. The number of carbonyl (C=O) groups is 1. The van der Waals surface area contributed by atoms with Gasteiger partial charge in [-0.05, 0) is 67.4 Å². The predicted octanol–water partition coefficient (Wildman–Crippen LogP) is 5.85. The van der Waals surface area contributed by atoms with Crippen LogP contribution in [-0.2, 0) is 0 Å². The molecule has 0 aliphatic heterocycles. The molecule has 27 heavy (non-hydrogen) atoms. The van der Waals surface area contributed by atoms with Gasteiger partial charge in [0, 0.05) is 11.3 Å². The van der Waals surface area contributed by atoms with Crippen molar-refractivity contribution in [3.8, 4) is 11.5 Å². The summed E-state index contributed by atoms with van der Waals surface area (Å²) in [4.78, 5) is 12.4. The maximum absolute atomic E-state index is 12.4. The van der Waals surface area contributed by atoms with Crippen molar-refractivity contribution in [2.45, 2.75) is 39.5 Å². The first kappa shape index (κ1) is 20.6. The molecular weight excluding hydrogens is 338 g/mol. The van der Waals surface area contributed by atoms with E-state index >= 15 is 0 Å². The first-order chi connectivity index (χ1) is 13.1. The Hall–Kier alpha value is -2.75. The highest BCUT2D eigenvalue weighted by atomic mass is 16.5. The number of anilines is 1. The van der Waals surface area contributed by atoms with Gasteiger partial charge in [-0.1, -0.05) is 32.8 Å². The first-order valence-electron chi connectivity index (χ1n) is 9.50. The monoisotopic (exact) mass is 367 g/mol. The molecule has 0 aliphatic carbocycles. The molecule has 0 radical (unpaired) electrons. The highest BCUT2D eigenvalue weighted by Crippen LogP contribution is 2.18. The predicted molar refractivity (Wildman–Crippen MR) is 111 cm³/mol. The maximum Gasteiger partial charge on any atom is 0.255 e. The number of unbranched alkanes of at least 4 members (excludes halogenated alkanes) is 3. The van der Waals surface area contributed by atoms with Gasteiger partial charge in [0.2, 0.25) is 0 Å². The lowest BCUT2D eigenvalue weighted by Gasteiger charge is -2.09. The molecule has 4 nitrogen and oxygen atoms in total. The molecule has 0 aliphatic rings. The van der Waals surface area contributed by atoms with Gasteiger partial charge in [0.25, 0.3) is 5.91 Å². The first-order valence-corrected chi connectivity index (χ1v) is 9.50. The van der Waals surface area contributed by atoms with Crippen molar-refractivity contribution in [2.75, 3.05) is 18.5 Å². The summed E-state index contributed by atoms with van der Waals surface area (Å²) in [7, 11) is 0. The molecule has 0 spiro atoms. The van der Waals surface area contributed by atoms with Crippen molar-refractivity contribution in [3.05, 3.63) is 66.2 Å². The fourth-order valence-corrected chi connectivity index (χ4v) is 2.47. The number of nitrogens with one attached hydrogen (secondary N) is 1. The summed E-state index contributed by atoms with van der Waals surface area (Å²) >= 11 is 0. The zero-order chi connectivity index (χ0) is 19.5. The van der Waals surface area contributed by atoms with Gasteiger partial charge in [-0.3, -0.25) is 4.79 Å². The van der Waals surface area contributed by atoms with E-state index in [-0.39, 0.29) is 5.91 Å². The fraction of sp³-hybridized carbons (Fsp3) is 0.348. The van der Waals surface area contributed by atoms with Crippen LogP contribution >= 0.6 is 0 Å². The molecular formula is C23H29NO3. The van der Waals surface area contributed by atoms with Crippen molar-refractivity contribution in [3.63, 3.8) is 0 Å². The standard InChI is InChI=1S/C23H29NO3/c1-4-5-6-7-16-26-21-12-8-19(9-13-21)23(25)24-20-10-14-22(15-11-20)27-17-18(2)3/h8-15H,2,4-7,16-17H2,1,3H3,(H,24,25). The fourth-order valence-electron chi connectivity index (χ4n) is 2.47. The van der Waals surface area contributed by atoms with Crippen LogP contribution in [0, 0.1) is 0 Å². The van der Waals surface area contributed by atoms with Crippen LogP contribution in [0.15, 0.2) is 60.7 Å². The van der Waals surface area contributed by atoms with E-state index in [1.165, 1.54) is 19.3 Å². The Morgan fingerprint density at radius 1 is 0.926 bits per heavy atom. The summed E-state index contributed by atoms with van der Waals surface area (Å²) in [5.74, 6) is 1.39. The normalized spacial score (nSPS) is 10.3. The molecule has 2 aromatic rings. The van der Waals surface area contributed by atoms with Crippen LogP contribution in [0.25, 0.3) is 0 Å². The van der Waals surface area contributed by atoms with Crippen LogP contribution in [0.5, 0.6) is 11.5 Å². The molecule has 0 aromatic heterocycles. The number of ether oxygens (including phenoxy) is 2. The minimum absolute atomic E-state index is 0.153. The molecule has 0 saturated heterocycles. The Kier molecular flexibility index (Phi) is 8.43. The molecule has 0 unspecified atom stereocenters. The topological polar surface area (TPSA) is 47.6 Å². The molecule has 144 valence electrons. The zero-order valence-electron chi connectivity index (χ0n) is 16.3. The van der Waals surface area contributed by atoms with E-state index < -0.39 is 0 Å². The van der Waals surface area contributed by atoms with E-state index in [0.717, 1.165) is 29.2 Å². The van der Waals surface area contributed by atoms with Gasteiger partial charge >= 0.3 is 0 Å². The molecule has 2 rings (SSSR count). The van der Waals surface area contributed by atoms with Crippen LogP contribution in [0.2, 0.25) is 0 Å². The third kappa shape index (κ3) is 7.57. The molecule has 0 fully saturated rings. The van der Waals surface area contributed by atoms with Gasteiger partial charge in [0.15, 0.2) is 0 Å². The van der Waals surface area contributed by atoms with Crippen molar-refractivity contribution in [1.82, 2.24) is 0 Å². The molecule has 1 N–H and O–H groups in total. The van der Waals surface area contributed by atoms with E-state index in [1.54, 1.807) is 12.1 Å². The second-order valence-corrected chi connectivity index (χ2v) is 6.66. The second kappa shape index (κ2) is 11.1. The van der Waals surface area contributed by atoms with E-state index in [9.17, 15) is 4.79 Å². The third-order valence-electron chi connectivity index (χ3n) is 3.98. The summed E-state index contributed by atoms with van der Waals surface area (Å²) < 4.78 is 11.3. The van der Waals surface area contributed by atoms with Crippen LogP contribution in [0.4, 0.5) is 5.69 Å². The Bertz CT molecular complexity index is 720. The van der Waals surface area contributed by atoms with Gasteiger partial charge in [-0.15, -0.1) is 0 Å². The number of amides is 1. The average Bonchev–Trinajstić information content (AvgIpc) is 2.67. The minimum atomic E-state index is -0.153. The summed E-state index contributed by atoms with van der Waals surface area (Å²) in [5.41, 5.74) is 2.27. The van der Waals surface area contributed by atoms with Crippen LogP contribution in [0.1, 0.15) is 49.9 Å². The lowest BCUT2D eigenvalue weighted by atomic mass is 10.2. The highest BCUT2D eigenvalue weighted by molar-refractivity contribution is 6.04. The maximum atomic E-state index is 12.4. The Labute approximate surface area is 162 Å². The molecule has 1 amide bonds. The highest BCUT2D eigenvalue weighted by Gasteiger charge is 2.07. The van der Waals surface area contributed by atoms with Crippen LogP contribution in [0.3, 0.4) is 0 Å². The average molecular weight is 367 g/mol. The summed E-state index contributed by atoms with van der Waals surface area (Å²) in [6, 6.07) is 14.5. The Morgan fingerprint density at radius 2 is 1.56 bits per heavy atom. The van der Waals surface area contributed by atoms with Gasteiger partial charge in [0.05, 0.1) is 6.61 Å². The number of hydrogen-bond acceptors (Lipinski definition) is 3. The SMILES string of the molecule is C=C(C)COc1ccc(NC(=O)c2ccc(OCCCCCC)cc2)cc1. The number of benzene rings is 2.